The monoisotopic (exact) mass is 317 g/mol. The van der Waals surface area contributed by atoms with Crippen molar-refractivity contribution in [2.45, 2.75) is 19.9 Å². The number of hydrogen-bond donors (Lipinski definition) is 1. The van der Waals surface area contributed by atoms with Crippen molar-refractivity contribution < 1.29 is 18.7 Å². The van der Waals surface area contributed by atoms with Gasteiger partial charge in [0.05, 0.1) is 17.9 Å². The van der Waals surface area contributed by atoms with Crippen LogP contribution in [0.5, 0.6) is 0 Å². The zero-order valence-corrected chi connectivity index (χ0v) is 12.7. The molecule has 7 heteroatoms. The van der Waals surface area contributed by atoms with E-state index in [1.54, 1.807) is 26.0 Å². The van der Waals surface area contributed by atoms with Gasteiger partial charge in [-0.3, -0.25) is 9.78 Å². The van der Waals surface area contributed by atoms with Gasteiger partial charge in [0.15, 0.2) is 12.3 Å². The van der Waals surface area contributed by atoms with Crippen molar-refractivity contribution in [1.29, 1.82) is 0 Å². The highest BCUT2D eigenvalue weighted by Crippen LogP contribution is 2.12. The molecule has 0 fully saturated rings. The van der Waals surface area contributed by atoms with Crippen molar-refractivity contribution in [3.63, 3.8) is 0 Å². The van der Waals surface area contributed by atoms with Gasteiger partial charge in [-0.15, -0.1) is 0 Å². The average Bonchev–Trinajstić information content (AvgIpc) is 2.54. The first-order chi connectivity index (χ1) is 11.0. The molecule has 1 amide bonds. The van der Waals surface area contributed by atoms with Crippen LogP contribution in [0.25, 0.3) is 0 Å². The second kappa shape index (κ2) is 7.44. The van der Waals surface area contributed by atoms with Crippen molar-refractivity contribution >= 4 is 11.9 Å². The quantitative estimate of drug-likeness (QED) is 0.853. The lowest BCUT2D eigenvalue weighted by atomic mass is 10.1. The summed E-state index contributed by atoms with van der Waals surface area (Å²) in [5.41, 5.74) is 1.46. The highest BCUT2D eigenvalue weighted by atomic mass is 19.1. The number of rotatable bonds is 5. The maximum Gasteiger partial charge on any atom is 0.359 e. The maximum absolute atomic E-state index is 12.9. The summed E-state index contributed by atoms with van der Waals surface area (Å²) < 4.78 is 17.7. The lowest BCUT2D eigenvalue weighted by molar-refractivity contribution is -0.124. The summed E-state index contributed by atoms with van der Waals surface area (Å²) in [5, 5.41) is 2.66. The van der Waals surface area contributed by atoms with E-state index >= 15 is 0 Å². The minimum absolute atomic E-state index is 0.0370. The molecular formula is C16H16FN3O3. The SMILES string of the molecule is Cc1cnc(C(=O)OCC(=O)NC(C)c2ccc(F)cc2)cn1. The molecule has 0 bridgehead atoms. The first-order valence-electron chi connectivity index (χ1n) is 6.96. The number of nitrogens with one attached hydrogen (secondary N) is 1. The number of aryl methyl sites for hydroxylation is 1. The number of benzene rings is 1. The Balaban J connectivity index is 1.83. The summed E-state index contributed by atoms with van der Waals surface area (Å²) in [6, 6.07) is 5.45. The highest BCUT2D eigenvalue weighted by molar-refractivity contribution is 5.89. The van der Waals surface area contributed by atoms with Gasteiger partial charge in [0.25, 0.3) is 5.91 Å². The third-order valence-electron chi connectivity index (χ3n) is 3.07. The van der Waals surface area contributed by atoms with Crippen LogP contribution in [-0.2, 0) is 9.53 Å². The Kier molecular flexibility index (Phi) is 5.35. The number of hydrogen-bond acceptors (Lipinski definition) is 5. The molecule has 1 unspecified atom stereocenters. The lowest BCUT2D eigenvalue weighted by Gasteiger charge is -2.14. The van der Waals surface area contributed by atoms with Gasteiger partial charge >= 0.3 is 5.97 Å². The number of nitrogens with zero attached hydrogens (tertiary/aromatic N) is 2. The second-order valence-electron chi connectivity index (χ2n) is 4.96. The normalized spacial score (nSPS) is 11.6. The van der Waals surface area contributed by atoms with Crippen LogP contribution in [0.2, 0.25) is 0 Å². The van der Waals surface area contributed by atoms with E-state index in [0.29, 0.717) is 5.69 Å². The Morgan fingerprint density at radius 1 is 1.22 bits per heavy atom. The summed E-state index contributed by atoms with van der Waals surface area (Å²) in [7, 11) is 0. The molecule has 120 valence electrons. The molecule has 0 saturated carbocycles. The van der Waals surface area contributed by atoms with Crippen molar-refractivity contribution in [1.82, 2.24) is 15.3 Å². The Morgan fingerprint density at radius 3 is 2.52 bits per heavy atom. The molecular weight excluding hydrogens is 301 g/mol. The number of amides is 1. The Hall–Kier alpha value is -2.83. The molecule has 1 aromatic carbocycles. The molecule has 0 spiro atoms. The molecule has 1 atom stereocenters. The zero-order valence-electron chi connectivity index (χ0n) is 12.7. The molecule has 2 rings (SSSR count). The number of aromatic nitrogens is 2. The van der Waals surface area contributed by atoms with Crippen molar-refractivity contribution in [2.24, 2.45) is 0 Å². The van der Waals surface area contributed by atoms with E-state index < -0.39 is 18.5 Å². The molecule has 1 heterocycles. The third kappa shape index (κ3) is 4.84. The van der Waals surface area contributed by atoms with Crippen LogP contribution in [0, 0.1) is 12.7 Å². The smallest absolute Gasteiger partial charge is 0.359 e. The fourth-order valence-electron chi connectivity index (χ4n) is 1.82. The van der Waals surface area contributed by atoms with Crippen LogP contribution < -0.4 is 5.32 Å². The molecule has 0 saturated heterocycles. The first kappa shape index (κ1) is 16.5. The van der Waals surface area contributed by atoms with E-state index in [1.807, 2.05) is 0 Å². The van der Waals surface area contributed by atoms with E-state index in [0.717, 1.165) is 5.56 Å². The maximum atomic E-state index is 12.9. The van der Waals surface area contributed by atoms with Crippen molar-refractivity contribution in [3.8, 4) is 0 Å². The van der Waals surface area contributed by atoms with Crippen LogP contribution in [0.1, 0.15) is 34.7 Å². The van der Waals surface area contributed by atoms with E-state index in [9.17, 15) is 14.0 Å². The zero-order chi connectivity index (χ0) is 16.8. The van der Waals surface area contributed by atoms with E-state index in [-0.39, 0.29) is 17.6 Å². The minimum Gasteiger partial charge on any atom is -0.451 e. The van der Waals surface area contributed by atoms with Crippen molar-refractivity contribution in [2.75, 3.05) is 6.61 Å². The van der Waals surface area contributed by atoms with Gasteiger partial charge < -0.3 is 10.1 Å². The van der Waals surface area contributed by atoms with Crippen LogP contribution >= 0.6 is 0 Å². The van der Waals surface area contributed by atoms with Gasteiger partial charge in [-0.1, -0.05) is 12.1 Å². The van der Waals surface area contributed by atoms with Gasteiger partial charge in [0.2, 0.25) is 0 Å². The fourth-order valence-corrected chi connectivity index (χ4v) is 1.82. The van der Waals surface area contributed by atoms with Crippen LogP contribution in [-0.4, -0.2) is 28.5 Å². The molecule has 6 nitrogen and oxygen atoms in total. The largest absolute Gasteiger partial charge is 0.451 e. The summed E-state index contributed by atoms with van der Waals surface area (Å²) in [4.78, 5) is 31.3. The topological polar surface area (TPSA) is 81.2 Å². The van der Waals surface area contributed by atoms with Crippen LogP contribution in [0.15, 0.2) is 36.7 Å². The summed E-state index contributed by atoms with van der Waals surface area (Å²) in [6.07, 6.45) is 2.73. The summed E-state index contributed by atoms with van der Waals surface area (Å²) >= 11 is 0. The number of carbonyl (C=O) groups is 2. The molecule has 0 aliphatic heterocycles. The lowest BCUT2D eigenvalue weighted by Crippen LogP contribution is -2.31. The minimum atomic E-state index is -0.720. The van der Waals surface area contributed by atoms with E-state index in [1.165, 1.54) is 24.5 Å². The van der Waals surface area contributed by atoms with E-state index in [2.05, 4.69) is 15.3 Å². The molecule has 0 radical (unpaired) electrons. The molecule has 1 aromatic heterocycles. The second-order valence-corrected chi connectivity index (χ2v) is 4.96. The van der Waals surface area contributed by atoms with Crippen LogP contribution in [0.3, 0.4) is 0 Å². The number of esters is 1. The van der Waals surface area contributed by atoms with Gasteiger partial charge in [-0.25, -0.2) is 14.2 Å². The van der Waals surface area contributed by atoms with Gasteiger partial charge in [0, 0.05) is 6.20 Å². The number of carbonyl (C=O) groups excluding carboxylic acids is 2. The third-order valence-corrected chi connectivity index (χ3v) is 3.07. The standard InChI is InChI=1S/C16H16FN3O3/c1-10-7-19-14(8-18-10)16(22)23-9-15(21)20-11(2)12-3-5-13(17)6-4-12/h3-8,11H,9H2,1-2H3,(H,20,21). The van der Waals surface area contributed by atoms with Gasteiger partial charge in [-0.05, 0) is 31.5 Å². The van der Waals surface area contributed by atoms with Gasteiger partial charge in [0.1, 0.15) is 5.82 Å². The number of ether oxygens (including phenoxy) is 1. The first-order valence-corrected chi connectivity index (χ1v) is 6.96. The fraction of sp³-hybridized carbons (Fsp3) is 0.250. The molecule has 23 heavy (non-hydrogen) atoms. The molecule has 2 aromatic rings. The van der Waals surface area contributed by atoms with Crippen molar-refractivity contribution in [3.05, 3.63) is 59.4 Å². The highest BCUT2D eigenvalue weighted by Gasteiger charge is 2.14. The molecule has 0 aliphatic carbocycles. The summed E-state index contributed by atoms with van der Waals surface area (Å²) in [6.45, 7) is 3.06. The van der Waals surface area contributed by atoms with Crippen LogP contribution in [0.4, 0.5) is 4.39 Å². The van der Waals surface area contributed by atoms with Gasteiger partial charge in [-0.2, -0.15) is 0 Å². The Morgan fingerprint density at radius 2 is 1.91 bits per heavy atom. The van der Waals surface area contributed by atoms with E-state index in [4.69, 9.17) is 4.74 Å². The number of halogens is 1. The average molecular weight is 317 g/mol. The molecule has 1 N–H and O–H groups in total. The summed E-state index contributed by atoms with van der Waals surface area (Å²) in [5.74, 6) is -1.53. The Labute approximate surface area is 132 Å². The predicted octanol–water partition coefficient (Wildman–Crippen LogP) is 1.96. The Bertz CT molecular complexity index is 687. The molecule has 0 aliphatic rings. The predicted molar refractivity (Wildman–Crippen MR) is 80.0 cm³/mol.